The van der Waals surface area contributed by atoms with Crippen LogP contribution in [0, 0.1) is 0 Å². The first-order valence-electron chi connectivity index (χ1n) is 9.31. The molecular formula is C21H21F3N2O2. The highest BCUT2D eigenvalue weighted by molar-refractivity contribution is 5.87. The molecule has 0 bridgehead atoms. The normalized spacial score (nSPS) is 22.6. The third-order valence-electron chi connectivity index (χ3n) is 5.62. The molecule has 1 saturated heterocycles. The Bertz CT molecular complexity index is 867. The number of carbonyl (C=O) groups excluding carboxylic acids is 1. The predicted molar refractivity (Wildman–Crippen MR) is 97.5 cm³/mol. The number of hydrogen-bond acceptors (Lipinski definition) is 3. The topological polar surface area (TPSA) is 41.6 Å². The second-order valence-corrected chi connectivity index (χ2v) is 7.38. The van der Waals surface area contributed by atoms with Crippen LogP contribution in [0.4, 0.5) is 13.2 Å². The molecule has 1 fully saturated rings. The molecule has 1 unspecified atom stereocenters. The monoisotopic (exact) mass is 390 g/mol. The zero-order valence-corrected chi connectivity index (χ0v) is 15.3. The minimum absolute atomic E-state index is 0.0261. The van der Waals surface area contributed by atoms with Crippen LogP contribution in [-0.2, 0) is 24.3 Å². The molecule has 2 aliphatic rings. The zero-order valence-electron chi connectivity index (χ0n) is 15.3. The maximum Gasteiger partial charge on any atom is 0.573 e. The van der Waals surface area contributed by atoms with E-state index in [0.29, 0.717) is 19.5 Å². The van der Waals surface area contributed by atoms with Crippen LogP contribution in [0.3, 0.4) is 0 Å². The molecule has 2 aromatic rings. The molecule has 1 N–H and O–H groups in total. The molecule has 4 nitrogen and oxygen atoms in total. The van der Waals surface area contributed by atoms with E-state index in [1.165, 1.54) is 17.7 Å². The van der Waals surface area contributed by atoms with E-state index >= 15 is 0 Å². The summed E-state index contributed by atoms with van der Waals surface area (Å²) in [6, 6.07) is 13.9. The highest BCUT2D eigenvalue weighted by Gasteiger charge is 2.48. The molecule has 28 heavy (non-hydrogen) atoms. The standard InChI is InChI=1S/C21H21F3N2O2/c22-21(23,24)28-18-8-6-15(7-9-18)14-26-11-3-10-20(26)12-16-4-1-2-5-17(16)13-25-19(20)27/h1-2,4-9H,3,10-14H2,(H,25,27). The Morgan fingerprint density at radius 3 is 2.50 bits per heavy atom. The lowest BCUT2D eigenvalue weighted by Crippen LogP contribution is -2.55. The van der Waals surface area contributed by atoms with Crippen molar-refractivity contribution in [2.45, 2.75) is 44.3 Å². The number of hydrogen-bond donors (Lipinski definition) is 1. The van der Waals surface area contributed by atoms with Crippen molar-refractivity contribution in [2.75, 3.05) is 6.54 Å². The lowest BCUT2D eigenvalue weighted by molar-refractivity contribution is -0.274. The smallest absolute Gasteiger partial charge is 0.406 e. The van der Waals surface area contributed by atoms with E-state index in [1.807, 2.05) is 18.2 Å². The lowest BCUT2D eigenvalue weighted by atomic mass is 9.86. The first kappa shape index (κ1) is 18.8. The first-order chi connectivity index (χ1) is 13.4. The van der Waals surface area contributed by atoms with Gasteiger partial charge in [0.15, 0.2) is 0 Å². The van der Waals surface area contributed by atoms with Crippen LogP contribution < -0.4 is 10.1 Å². The van der Waals surface area contributed by atoms with Gasteiger partial charge < -0.3 is 10.1 Å². The number of carbonyl (C=O) groups is 1. The number of rotatable bonds is 3. The van der Waals surface area contributed by atoms with Gasteiger partial charge in [0.25, 0.3) is 0 Å². The average Bonchev–Trinajstić information content (AvgIpc) is 2.97. The Morgan fingerprint density at radius 1 is 1.07 bits per heavy atom. The van der Waals surface area contributed by atoms with Gasteiger partial charge in [-0.3, -0.25) is 9.69 Å². The summed E-state index contributed by atoms with van der Waals surface area (Å²) in [6.45, 7) is 1.80. The van der Waals surface area contributed by atoms with Gasteiger partial charge in [-0.1, -0.05) is 36.4 Å². The molecule has 148 valence electrons. The zero-order chi connectivity index (χ0) is 19.8. The van der Waals surface area contributed by atoms with Crippen molar-refractivity contribution in [3.63, 3.8) is 0 Å². The molecule has 1 amide bonds. The average molecular weight is 390 g/mol. The van der Waals surface area contributed by atoms with Crippen LogP contribution in [-0.4, -0.2) is 29.3 Å². The van der Waals surface area contributed by atoms with E-state index in [1.54, 1.807) is 12.1 Å². The number of ether oxygens (including phenoxy) is 1. The number of alkyl halides is 3. The molecule has 0 aromatic heterocycles. The van der Waals surface area contributed by atoms with E-state index in [-0.39, 0.29) is 11.7 Å². The van der Waals surface area contributed by atoms with Crippen molar-refractivity contribution in [1.29, 1.82) is 0 Å². The predicted octanol–water partition coefficient (Wildman–Crippen LogP) is 3.79. The molecule has 1 spiro atoms. The van der Waals surface area contributed by atoms with Crippen molar-refractivity contribution in [3.05, 3.63) is 65.2 Å². The van der Waals surface area contributed by atoms with Crippen LogP contribution >= 0.6 is 0 Å². The molecule has 2 aliphatic heterocycles. The molecule has 0 saturated carbocycles. The van der Waals surface area contributed by atoms with Crippen LogP contribution in [0.2, 0.25) is 0 Å². The number of amides is 1. The van der Waals surface area contributed by atoms with Crippen molar-refractivity contribution >= 4 is 5.91 Å². The number of benzene rings is 2. The highest BCUT2D eigenvalue weighted by Crippen LogP contribution is 2.37. The number of nitrogens with one attached hydrogen (secondary N) is 1. The summed E-state index contributed by atoms with van der Waals surface area (Å²) in [7, 11) is 0. The summed E-state index contributed by atoms with van der Waals surface area (Å²) >= 11 is 0. The summed E-state index contributed by atoms with van der Waals surface area (Å²) in [5.74, 6) is -0.216. The largest absolute Gasteiger partial charge is 0.573 e. The van der Waals surface area contributed by atoms with E-state index < -0.39 is 11.9 Å². The van der Waals surface area contributed by atoms with Crippen LogP contribution in [0.15, 0.2) is 48.5 Å². The van der Waals surface area contributed by atoms with E-state index in [2.05, 4.69) is 21.0 Å². The summed E-state index contributed by atoms with van der Waals surface area (Å²) in [6.07, 6.45) is -2.38. The van der Waals surface area contributed by atoms with Crippen molar-refractivity contribution in [3.8, 4) is 5.75 Å². The molecule has 4 rings (SSSR count). The lowest BCUT2D eigenvalue weighted by Gasteiger charge is -2.36. The SMILES string of the molecule is O=C1NCc2ccccc2CC12CCCN2Cc1ccc(OC(F)(F)F)cc1. The Kier molecular flexibility index (Phi) is 4.79. The van der Waals surface area contributed by atoms with Gasteiger partial charge in [-0.25, -0.2) is 0 Å². The second-order valence-electron chi connectivity index (χ2n) is 7.38. The second kappa shape index (κ2) is 7.13. The van der Waals surface area contributed by atoms with E-state index in [0.717, 1.165) is 30.5 Å². The number of fused-ring (bicyclic) bond motifs is 1. The summed E-state index contributed by atoms with van der Waals surface area (Å²) in [4.78, 5) is 15.2. The van der Waals surface area contributed by atoms with Gasteiger partial charge in [0.1, 0.15) is 11.3 Å². The van der Waals surface area contributed by atoms with Crippen LogP contribution in [0.25, 0.3) is 0 Å². The molecule has 7 heteroatoms. The quantitative estimate of drug-likeness (QED) is 0.867. The van der Waals surface area contributed by atoms with Gasteiger partial charge in [-0.05, 0) is 48.2 Å². The fraction of sp³-hybridized carbons (Fsp3) is 0.381. The molecule has 2 heterocycles. The Morgan fingerprint density at radius 2 is 1.79 bits per heavy atom. The third-order valence-corrected chi connectivity index (χ3v) is 5.62. The van der Waals surface area contributed by atoms with Gasteiger partial charge in [0.2, 0.25) is 5.91 Å². The molecule has 0 aliphatic carbocycles. The summed E-state index contributed by atoms with van der Waals surface area (Å²) < 4.78 is 40.9. The summed E-state index contributed by atoms with van der Waals surface area (Å²) in [5, 5.41) is 3.06. The number of halogens is 3. The van der Waals surface area contributed by atoms with Crippen molar-refractivity contribution in [2.24, 2.45) is 0 Å². The minimum Gasteiger partial charge on any atom is -0.406 e. The maximum absolute atomic E-state index is 13.0. The fourth-order valence-electron chi connectivity index (χ4n) is 4.28. The van der Waals surface area contributed by atoms with Crippen molar-refractivity contribution < 1.29 is 22.7 Å². The van der Waals surface area contributed by atoms with Crippen LogP contribution in [0.1, 0.15) is 29.5 Å². The number of likely N-dealkylation sites (tertiary alicyclic amines) is 1. The fourth-order valence-corrected chi connectivity index (χ4v) is 4.28. The Labute approximate surface area is 161 Å². The molecule has 0 radical (unpaired) electrons. The summed E-state index contributed by atoms with van der Waals surface area (Å²) in [5.41, 5.74) is 2.53. The Hall–Kier alpha value is -2.54. The van der Waals surface area contributed by atoms with Gasteiger partial charge in [-0.2, -0.15) is 0 Å². The van der Waals surface area contributed by atoms with E-state index in [9.17, 15) is 18.0 Å². The number of nitrogens with zero attached hydrogens (tertiary/aromatic N) is 1. The highest BCUT2D eigenvalue weighted by atomic mass is 19.4. The maximum atomic E-state index is 13.0. The van der Waals surface area contributed by atoms with Gasteiger partial charge in [0.05, 0.1) is 0 Å². The van der Waals surface area contributed by atoms with Crippen molar-refractivity contribution in [1.82, 2.24) is 10.2 Å². The molecular weight excluding hydrogens is 369 g/mol. The molecule has 2 aromatic carbocycles. The van der Waals surface area contributed by atoms with Gasteiger partial charge in [0, 0.05) is 19.5 Å². The van der Waals surface area contributed by atoms with Crippen LogP contribution in [0.5, 0.6) is 5.75 Å². The van der Waals surface area contributed by atoms with Gasteiger partial charge in [-0.15, -0.1) is 13.2 Å². The van der Waals surface area contributed by atoms with Gasteiger partial charge >= 0.3 is 6.36 Å². The Balaban J connectivity index is 1.55. The molecule has 1 atom stereocenters. The third kappa shape index (κ3) is 3.71. The minimum atomic E-state index is -4.70. The first-order valence-corrected chi connectivity index (χ1v) is 9.31. The van der Waals surface area contributed by atoms with E-state index in [4.69, 9.17) is 0 Å².